The van der Waals surface area contributed by atoms with Gasteiger partial charge in [-0.3, -0.25) is 14.4 Å². The van der Waals surface area contributed by atoms with E-state index in [-0.39, 0.29) is 28.8 Å². The molecule has 3 aliphatic rings. The molecule has 3 atom stereocenters. The minimum absolute atomic E-state index is 0.0699. The van der Waals surface area contributed by atoms with E-state index in [1.54, 1.807) is 60.7 Å². The zero-order valence-corrected chi connectivity index (χ0v) is 21.7. The van der Waals surface area contributed by atoms with E-state index in [1.807, 2.05) is 47.4 Å². The van der Waals surface area contributed by atoms with Crippen molar-refractivity contribution in [3.05, 3.63) is 131 Å². The van der Waals surface area contributed by atoms with E-state index in [2.05, 4.69) is 0 Å². The van der Waals surface area contributed by atoms with Crippen molar-refractivity contribution in [1.29, 1.82) is 0 Å². The quantitative estimate of drug-likeness (QED) is 0.270. The lowest BCUT2D eigenvalue weighted by molar-refractivity contribution is 0.0666. The van der Waals surface area contributed by atoms with Crippen LogP contribution < -0.4 is 9.64 Å². The van der Waals surface area contributed by atoms with Gasteiger partial charge in [0.05, 0.1) is 13.2 Å². The number of carbonyl (C=O) groups excluding carboxylic acids is 3. The Labute approximate surface area is 231 Å². The van der Waals surface area contributed by atoms with Crippen LogP contribution in [-0.4, -0.2) is 41.6 Å². The van der Waals surface area contributed by atoms with Crippen LogP contribution in [0.2, 0.25) is 0 Å². The van der Waals surface area contributed by atoms with Crippen LogP contribution in [0, 0.1) is 5.41 Å². The van der Waals surface area contributed by atoms with E-state index in [4.69, 9.17) is 4.74 Å². The number of para-hydroxylation sites is 1. The number of ketones is 3. The van der Waals surface area contributed by atoms with Crippen molar-refractivity contribution in [2.24, 2.45) is 5.41 Å². The molecule has 2 heterocycles. The van der Waals surface area contributed by atoms with E-state index in [0.717, 1.165) is 11.3 Å². The molecule has 4 aromatic carbocycles. The predicted octanol–water partition coefficient (Wildman–Crippen LogP) is 5.72. The molecule has 0 saturated carbocycles. The second kappa shape index (κ2) is 8.78. The van der Waals surface area contributed by atoms with Gasteiger partial charge in [0, 0.05) is 28.3 Å². The second-order valence-corrected chi connectivity index (χ2v) is 10.4. The number of carbonyl (C=O) groups is 3. The second-order valence-electron chi connectivity index (χ2n) is 10.4. The minimum atomic E-state index is -1.61. The van der Waals surface area contributed by atoms with Gasteiger partial charge in [-0.05, 0) is 29.3 Å². The summed E-state index contributed by atoms with van der Waals surface area (Å²) in [5, 5.41) is 10.4. The molecule has 0 aromatic heterocycles. The lowest BCUT2D eigenvalue weighted by Gasteiger charge is -2.37. The zero-order valence-electron chi connectivity index (χ0n) is 21.7. The van der Waals surface area contributed by atoms with Crippen molar-refractivity contribution in [3.63, 3.8) is 0 Å². The molecule has 6 heteroatoms. The number of phenols is 1. The number of Topliss-reactive ketones (excluding diaryl/α,β-unsaturated/α-hetero) is 3. The number of anilines is 1. The third kappa shape index (κ3) is 3.07. The Morgan fingerprint density at radius 1 is 0.850 bits per heavy atom. The van der Waals surface area contributed by atoms with Gasteiger partial charge in [0.1, 0.15) is 11.5 Å². The summed E-state index contributed by atoms with van der Waals surface area (Å²) in [5.74, 6) is -1.53. The molecule has 196 valence electrons. The molecule has 0 unspecified atom stereocenters. The first kappa shape index (κ1) is 24.1. The van der Waals surface area contributed by atoms with Crippen LogP contribution >= 0.6 is 0 Å². The molecular formula is C34H25NO5. The van der Waals surface area contributed by atoms with Crippen molar-refractivity contribution in [2.45, 2.75) is 18.0 Å². The standard InChI is InChI=1S/C34H25NO5/c1-40-27-19-22(15-17-26(27)36)29-30(31(37)21-10-3-2-4-11-21)35-25-14-8-5-9-20(25)16-18-28(35)34(29)32(38)23-12-6-7-13-24(23)33(34)39/h2-19,28-30,36H,1H3/t28-,29-,30-/m1/s1. The fourth-order valence-electron chi connectivity index (χ4n) is 6.95. The smallest absolute Gasteiger partial charge is 0.185 e. The van der Waals surface area contributed by atoms with Gasteiger partial charge in [-0.1, -0.05) is 91.0 Å². The Balaban J connectivity index is 1.56. The van der Waals surface area contributed by atoms with Gasteiger partial charge in [-0.2, -0.15) is 0 Å². The van der Waals surface area contributed by atoms with Gasteiger partial charge in [0.25, 0.3) is 0 Å². The fourth-order valence-corrected chi connectivity index (χ4v) is 6.95. The number of ether oxygens (including phenoxy) is 1. The van der Waals surface area contributed by atoms with Crippen molar-refractivity contribution in [2.75, 3.05) is 12.0 Å². The minimum Gasteiger partial charge on any atom is -0.504 e. The van der Waals surface area contributed by atoms with Gasteiger partial charge in [0.2, 0.25) is 0 Å². The molecule has 0 radical (unpaired) electrons. The van der Waals surface area contributed by atoms with Crippen LogP contribution in [-0.2, 0) is 0 Å². The van der Waals surface area contributed by atoms with Crippen LogP contribution in [0.4, 0.5) is 5.69 Å². The van der Waals surface area contributed by atoms with E-state index < -0.39 is 23.4 Å². The molecule has 0 bridgehead atoms. The Hall–Kier alpha value is -4.97. The molecule has 6 nitrogen and oxygen atoms in total. The maximum absolute atomic E-state index is 14.6. The van der Waals surface area contributed by atoms with E-state index in [0.29, 0.717) is 22.3 Å². The first-order valence-electron chi connectivity index (χ1n) is 13.2. The fraction of sp³-hybridized carbons (Fsp3) is 0.147. The molecular weight excluding hydrogens is 502 g/mol. The lowest BCUT2D eigenvalue weighted by atomic mass is 9.64. The summed E-state index contributed by atoms with van der Waals surface area (Å²) >= 11 is 0. The van der Waals surface area contributed by atoms with Gasteiger partial charge >= 0.3 is 0 Å². The maximum atomic E-state index is 14.6. The highest BCUT2D eigenvalue weighted by molar-refractivity contribution is 6.32. The van der Waals surface area contributed by atoms with Gasteiger partial charge in [-0.25, -0.2) is 0 Å². The largest absolute Gasteiger partial charge is 0.504 e. The molecule has 0 amide bonds. The Kier molecular flexibility index (Phi) is 5.29. The van der Waals surface area contributed by atoms with Crippen molar-refractivity contribution in [1.82, 2.24) is 0 Å². The van der Waals surface area contributed by atoms with Gasteiger partial charge in [0.15, 0.2) is 28.8 Å². The molecule has 40 heavy (non-hydrogen) atoms. The molecule has 4 aromatic rings. The molecule has 2 aliphatic heterocycles. The summed E-state index contributed by atoms with van der Waals surface area (Å²) in [6, 6.07) is 26.8. The highest BCUT2D eigenvalue weighted by atomic mass is 16.5. The first-order valence-corrected chi connectivity index (χ1v) is 13.2. The molecule has 7 rings (SSSR count). The van der Waals surface area contributed by atoms with Crippen molar-refractivity contribution in [3.8, 4) is 11.5 Å². The molecule has 1 aliphatic carbocycles. The summed E-state index contributed by atoms with van der Waals surface area (Å²) in [4.78, 5) is 45.8. The topological polar surface area (TPSA) is 83.9 Å². The normalized spacial score (nSPS) is 21.7. The maximum Gasteiger partial charge on any atom is 0.185 e. The van der Waals surface area contributed by atoms with Crippen LogP contribution in [0.1, 0.15) is 48.1 Å². The summed E-state index contributed by atoms with van der Waals surface area (Å²) in [7, 11) is 1.44. The Morgan fingerprint density at radius 2 is 1.50 bits per heavy atom. The molecule has 1 fully saturated rings. The van der Waals surface area contributed by atoms with Crippen molar-refractivity contribution >= 4 is 29.1 Å². The summed E-state index contributed by atoms with van der Waals surface area (Å²) in [5.41, 5.74) is 1.87. The third-order valence-corrected chi connectivity index (χ3v) is 8.60. The SMILES string of the molecule is COc1cc([C@@H]2[C@H](C(=O)c3ccccc3)N3c4ccccc4C=C[C@@H]3C23C(=O)c2ccccc2C3=O)ccc1O. The van der Waals surface area contributed by atoms with Crippen LogP contribution in [0.15, 0.2) is 103 Å². The number of fused-ring (bicyclic) bond motifs is 5. The average molecular weight is 528 g/mol. The van der Waals surface area contributed by atoms with Gasteiger partial charge < -0.3 is 14.7 Å². The van der Waals surface area contributed by atoms with E-state index >= 15 is 0 Å². The zero-order chi connectivity index (χ0) is 27.6. The van der Waals surface area contributed by atoms with Gasteiger partial charge in [-0.15, -0.1) is 0 Å². The monoisotopic (exact) mass is 527 g/mol. The number of rotatable bonds is 4. The number of hydrogen-bond donors (Lipinski definition) is 1. The highest BCUT2D eigenvalue weighted by Gasteiger charge is 2.71. The number of methoxy groups -OCH3 is 1. The Bertz CT molecular complexity index is 1710. The van der Waals surface area contributed by atoms with E-state index in [1.165, 1.54) is 13.2 Å². The van der Waals surface area contributed by atoms with Crippen LogP contribution in [0.25, 0.3) is 6.08 Å². The molecule has 1 N–H and O–H groups in total. The van der Waals surface area contributed by atoms with Crippen molar-refractivity contribution < 1.29 is 24.2 Å². The summed E-state index contributed by atoms with van der Waals surface area (Å²) < 4.78 is 5.43. The average Bonchev–Trinajstić information content (AvgIpc) is 3.43. The lowest BCUT2D eigenvalue weighted by Crippen LogP contribution is -2.48. The third-order valence-electron chi connectivity index (χ3n) is 8.60. The molecule has 1 spiro atoms. The number of hydrogen-bond acceptors (Lipinski definition) is 6. The summed E-state index contributed by atoms with van der Waals surface area (Å²) in [6.07, 6.45) is 3.83. The Morgan fingerprint density at radius 3 is 2.20 bits per heavy atom. The number of aromatic hydroxyl groups is 1. The number of nitrogens with zero attached hydrogens (tertiary/aromatic N) is 1. The van der Waals surface area contributed by atoms with Crippen LogP contribution in [0.3, 0.4) is 0 Å². The highest BCUT2D eigenvalue weighted by Crippen LogP contribution is 2.61. The summed E-state index contributed by atoms with van der Waals surface area (Å²) in [6.45, 7) is 0. The number of benzene rings is 4. The van der Waals surface area contributed by atoms with E-state index in [9.17, 15) is 19.5 Å². The molecule has 1 saturated heterocycles. The predicted molar refractivity (Wildman–Crippen MR) is 151 cm³/mol. The number of phenolic OH excluding ortho intramolecular Hbond substituents is 1. The first-order chi connectivity index (χ1) is 19.5. The van der Waals surface area contributed by atoms with Crippen LogP contribution in [0.5, 0.6) is 11.5 Å².